The van der Waals surface area contributed by atoms with Gasteiger partial charge in [0.15, 0.2) is 0 Å². The Morgan fingerprint density at radius 3 is 2.71 bits per heavy atom. The Bertz CT molecular complexity index is 229. The topological polar surface area (TPSA) is 15.3 Å². The highest BCUT2D eigenvalue weighted by Gasteiger charge is 2.37. The van der Waals surface area contributed by atoms with Crippen molar-refractivity contribution in [3.8, 4) is 0 Å². The van der Waals surface area contributed by atoms with Gasteiger partial charge in [-0.3, -0.25) is 4.90 Å². The Morgan fingerprint density at radius 2 is 1.94 bits per heavy atom. The Hall–Kier alpha value is -0.0800. The molecule has 2 rings (SSSR count). The molecule has 0 spiro atoms. The number of likely N-dealkylation sites (tertiary alicyclic amines) is 1. The fraction of sp³-hybridized carbons (Fsp3) is 1.00. The normalized spacial score (nSPS) is 33.4. The van der Waals surface area contributed by atoms with Crippen molar-refractivity contribution < 1.29 is 0 Å². The first-order valence-corrected chi connectivity index (χ1v) is 7.71. The molecule has 1 heterocycles. The lowest BCUT2D eigenvalue weighted by Crippen LogP contribution is -2.46. The lowest BCUT2D eigenvalue weighted by Gasteiger charge is -2.36. The van der Waals surface area contributed by atoms with Crippen molar-refractivity contribution in [3.05, 3.63) is 0 Å². The average molecular weight is 238 g/mol. The first-order chi connectivity index (χ1) is 8.22. The molecule has 0 amide bonds. The smallest absolute Gasteiger partial charge is 0.0195 e. The molecule has 2 fully saturated rings. The summed E-state index contributed by atoms with van der Waals surface area (Å²) in [6, 6.07) is 2.30. The zero-order chi connectivity index (χ0) is 12.3. The predicted molar refractivity (Wildman–Crippen MR) is 74.3 cm³/mol. The van der Waals surface area contributed by atoms with E-state index in [0.717, 1.165) is 24.5 Å². The summed E-state index contributed by atoms with van der Waals surface area (Å²) in [6.07, 6.45) is 8.58. The van der Waals surface area contributed by atoms with Gasteiger partial charge in [-0.2, -0.15) is 0 Å². The molecule has 2 heteroatoms. The van der Waals surface area contributed by atoms with Gasteiger partial charge in [-0.15, -0.1) is 0 Å². The maximum absolute atomic E-state index is 3.66. The molecule has 0 bridgehead atoms. The van der Waals surface area contributed by atoms with E-state index in [4.69, 9.17) is 0 Å². The standard InChI is InChI=1S/C15H30N2/c1-4-12(2)16-11-13(3)17-10-9-14-7-5-6-8-15(14)17/h12-16H,4-11H2,1-3H3. The maximum Gasteiger partial charge on any atom is 0.0195 e. The van der Waals surface area contributed by atoms with Crippen LogP contribution in [0.15, 0.2) is 0 Å². The highest BCUT2D eigenvalue weighted by atomic mass is 15.2. The van der Waals surface area contributed by atoms with Crippen molar-refractivity contribution in [2.45, 2.75) is 77.4 Å². The van der Waals surface area contributed by atoms with Crippen LogP contribution in [0.4, 0.5) is 0 Å². The van der Waals surface area contributed by atoms with Gasteiger partial charge in [-0.25, -0.2) is 0 Å². The minimum Gasteiger partial charge on any atom is -0.313 e. The zero-order valence-corrected chi connectivity index (χ0v) is 11.9. The molecular weight excluding hydrogens is 208 g/mol. The highest BCUT2D eigenvalue weighted by Crippen LogP contribution is 2.36. The van der Waals surface area contributed by atoms with E-state index >= 15 is 0 Å². The summed E-state index contributed by atoms with van der Waals surface area (Å²) in [4.78, 5) is 2.79. The van der Waals surface area contributed by atoms with Crippen molar-refractivity contribution >= 4 is 0 Å². The first-order valence-electron chi connectivity index (χ1n) is 7.71. The summed E-state index contributed by atoms with van der Waals surface area (Å²) < 4.78 is 0. The summed E-state index contributed by atoms with van der Waals surface area (Å²) in [7, 11) is 0. The van der Waals surface area contributed by atoms with Gasteiger partial charge in [-0.1, -0.05) is 19.8 Å². The monoisotopic (exact) mass is 238 g/mol. The van der Waals surface area contributed by atoms with Crippen molar-refractivity contribution in [3.63, 3.8) is 0 Å². The number of hydrogen-bond donors (Lipinski definition) is 1. The molecular formula is C15H30N2. The maximum atomic E-state index is 3.66. The molecule has 1 saturated carbocycles. The molecule has 0 aromatic rings. The SMILES string of the molecule is CCC(C)NCC(C)N1CCC2CCCCC21. The van der Waals surface area contributed by atoms with Gasteiger partial charge in [-0.05, 0) is 52.0 Å². The molecule has 17 heavy (non-hydrogen) atoms. The molecule has 1 aliphatic carbocycles. The van der Waals surface area contributed by atoms with Crippen LogP contribution in [-0.4, -0.2) is 36.1 Å². The van der Waals surface area contributed by atoms with Gasteiger partial charge in [0.2, 0.25) is 0 Å². The molecule has 0 aromatic heterocycles. The van der Waals surface area contributed by atoms with Crippen LogP contribution in [0.1, 0.15) is 59.3 Å². The van der Waals surface area contributed by atoms with Gasteiger partial charge in [0.25, 0.3) is 0 Å². The van der Waals surface area contributed by atoms with Crippen molar-refractivity contribution in [2.75, 3.05) is 13.1 Å². The molecule has 4 unspecified atom stereocenters. The third-order valence-electron chi connectivity index (χ3n) is 4.99. The van der Waals surface area contributed by atoms with Gasteiger partial charge in [0.05, 0.1) is 0 Å². The second-order valence-electron chi connectivity index (χ2n) is 6.20. The van der Waals surface area contributed by atoms with Gasteiger partial charge in [0, 0.05) is 24.7 Å². The Kier molecular flexibility index (Phi) is 4.87. The number of rotatable bonds is 5. The van der Waals surface area contributed by atoms with Crippen LogP contribution in [0, 0.1) is 5.92 Å². The lowest BCUT2D eigenvalue weighted by molar-refractivity contribution is 0.137. The molecule has 4 atom stereocenters. The molecule has 0 aromatic carbocycles. The summed E-state index contributed by atoms with van der Waals surface area (Å²) in [5.41, 5.74) is 0. The Balaban J connectivity index is 1.80. The Morgan fingerprint density at radius 1 is 1.18 bits per heavy atom. The van der Waals surface area contributed by atoms with Crippen LogP contribution in [0.3, 0.4) is 0 Å². The van der Waals surface area contributed by atoms with Crippen molar-refractivity contribution in [2.24, 2.45) is 5.92 Å². The molecule has 0 radical (unpaired) electrons. The molecule has 100 valence electrons. The van der Waals surface area contributed by atoms with Crippen LogP contribution < -0.4 is 5.32 Å². The summed E-state index contributed by atoms with van der Waals surface area (Å²) >= 11 is 0. The quantitative estimate of drug-likeness (QED) is 0.792. The first kappa shape index (κ1) is 13.4. The van der Waals surface area contributed by atoms with E-state index in [0.29, 0.717) is 6.04 Å². The third kappa shape index (κ3) is 3.23. The average Bonchev–Trinajstić information content (AvgIpc) is 2.79. The Labute approximate surface area is 107 Å². The van der Waals surface area contributed by atoms with Crippen LogP contribution in [0.5, 0.6) is 0 Å². The molecule has 2 aliphatic rings. The van der Waals surface area contributed by atoms with E-state index in [-0.39, 0.29) is 0 Å². The van der Waals surface area contributed by atoms with E-state index in [2.05, 4.69) is 31.0 Å². The van der Waals surface area contributed by atoms with Crippen molar-refractivity contribution in [1.29, 1.82) is 0 Å². The van der Waals surface area contributed by atoms with E-state index in [1.54, 1.807) is 0 Å². The number of nitrogens with zero attached hydrogens (tertiary/aromatic N) is 1. The van der Waals surface area contributed by atoms with Crippen LogP contribution >= 0.6 is 0 Å². The van der Waals surface area contributed by atoms with Crippen molar-refractivity contribution in [1.82, 2.24) is 10.2 Å². The summed E-state index contributed by atoms with van der Waals surface area (Å²) in [6.45, 7) is 9.47. The van der Waals surface area contributed by atoms with E-state index in [1.165, 1.54) is 45.1 Å². The van der Waals surface area contributed by atoms with Crippen LogP contribution in [0.2, 0.25) is 0 Å². The number of nitrogens with one attached hydrogen (secondary N) is 1. The number of hydrogen-bond acceptors (Lipinski definition) is 2. The predicted octanol–water partition coefficient (Wildman–Crippen LogP) is 3.03. The lowest BCUT2D eigenvalue weighted by atomic mass is 9.85. The van der Waals surface area contributed by atoms with Crippen LogP contribution in [-0.2, 0) is 0 Å². The minimum atomic E-state index is 0.669. The second kappa shape index (κ2) is 6.19. The summed E-state index contributed by atoms with van der Waals surface area (Å²) in [5, 5.41) is 3.66. The van der Waals surface area contributed by atoms with Crippen LogP contribution in [0.25, 0.3) is 0 Å². The molecule has 1 saturated heterocycles. The second-order valence-corrected chi connectivity index (χ2v) is 6.20. The largest absolute Gasteiger partial charge is 0.313 e. The molecule has 2 nitrogen and oxygen atoms in total. The molecule has 1 N–H and O–H groups in total. The molecule has 1 aliphatic heterocycles. The van der Waals surface area contributed by atoms with Gasteiger partial charge < -0.3 is 5.32 Å². The van der Waals surface area contributed by atoms with E-state index < -0.39 is 0 Å². The summed E-state index contributed by atoms with van der Waals surface area (Å²) in [5.74, 6) is 1.02. The van der Waals surface area contributed by atoms with E-state index in [1.807, 2.05) is 0 Å². The minimum absolute atomic E-state index is 0.669. The highest BCUT2D eigenvalue weighted by molar-refractivity contribution is 4.92. The third-order valence-corrected chi connectivity index (χ3v) is 4.99. The fourth-order valence-corrected chi connectivity index (χ4v) is 3.62. The zero-order valence-electron chi connectivity index (χ0n) is 11.9. The fourth-order valence-electron chi connectivity index (χ4n) is 3.62. The number of fused-ring (bicyclic) bond motifs is 1. The van der Waals surface area contributed by atoms with Gasteiger partial charge >= 0.3 is 0 Å². The van der Waals surface area contributed by atoms with E-state index in [9.17, 15) is 0 Å². The van der Waals surface area contributed by atoms with Gasteiger partial charge in [0.1, 0.15) is 0 Å².